The molecular formula is C20H30NO3S+. The molecule has 1 N–H and O–H groups in total. The fraction of sp³-hybridized carbons (Fsp3) is 0.650. The van der Waals surface area contributed by atoms with Crippen LogP contribution in [0.5, 0.6) is 0 Å². The summed E-state index contributed by atoms with van der Waals surface area (Å²) in [6, 6.07) is 10.6. The van der Waals surface area contributed by atoms with Gasteiger partial charge in [0.1, 0.15) is 19.2 Å². The predicted octanol–water partition coefficient (Wildman–Crippen LogP) is 2.08. The molecule has 0 amide bonds. The molecule has 0 bridgehead atoms. The lowest BCUT2D eigenvalue weighted by Gasteiger charge is -2.31. The van der Waals surface area contributed by atoms with Gasteiger partial charge in [-0.3, -0.25) is 4.79 Å². The average molecular weight is 365 g/mol. The van der Waals surface area contributed by atoms with Gasteiger partial charge in [-0.05, 0) is 24.8 Å². The van der Waals surface area contributed by atoms with Gasteiger partial charge in [0.25, 0.3) is 0 Å². The van der Waals surface area contributed by atoms with Crippen LogP contribution in [0, 0.1) is 0 Å². The smallest absolute Gasteiger partial charge is 0.311 e. The Morgan fingerprint density at radius 2 is 1.92 bits per heavy atom. The molecule has 1 saturated heterocycles. The maximum atomic E-state index is 12.3. The van der Waals surface area contributed by atoms with Crippen molar-refractivity contribution >= 4 is 17.7 Å². The van der Waals surface area contributed by atoms with Gasteiger partial charge < -0.3 is 14.4 Å². The molecule has 1 heterocycles. The second kappa shape index (κ2) is 10.2. The number of quaternary nitrogens is 1. The Bertz CT molecular complexity index is 519. The van der Waals surface area contributed by atoms with Crippen molar-refractivity contribution < 1.29 is 19.2 Å². The number of hydrogen-bond donors (Lipinski definition) is 1. The third-order valence-electron chi connectivity index (χ3n) is 5.11. The molecule has 138 valence electrons. The first kappa shape index (κ1) is 18.7. The molecule has 0 aromatic heterocycles. The van der Waals surface area contributed by atoms with Gasteiger partial charge in [0, 0.05) is 11.0 Å². The van der Waals surface area contributed by atoms with Gasteiger partial charge in [-0.25, -0.2) is 0 Å². The largest absolute Gasteiger partial charge is 0.461 e. The molecular weight excluding hydrogens is 334 g/mol. The molecule has 4 nitrogen and oxygen atoms in total. The molecule has 1 aromatic carbocycles. The molecule has 2 atom stereocenters. The van der Waals surface area contributed by atoms with Gasteiger partial charge >= 0.3 is 5.97 Å². The fourth-order valence-corrected chi connectivity index (χ4v) is 4.92. The summed E-state index contributed by atoms with van der Waals surface area (Å²) in [5.74, 6) is 0.980. The molecule has 1 aromatic rings. The molecule has 0 unspecified atom stereocenters. The lowest BCUT2D eigenvalue weighted by atomic mass is 9.97. The van der Waals surface area contributed by atoms with Gasteiger partial charge in [-0.2, -0.15) is 0 Å². The van der Waals surface area contributed by atoms with Crippen LogP contribution in [0.3, 0.4) is 0 Å². The van der Waals surface area contributed by atoms with Crippen LogP contribution in [-0.4, -0.2) is 50.2 Å². The van der Waals surface area contributed by atoms with Crippen LogP contribution in [0.4, 0.5) is 0 Å². The van der Waals surface area contributed by atoms with E-state index in [1.54, 1.807) is 0 Å². The lowest BCUT2D eigenvalue weighted by Crippen LogP contribution is -3.14. The molecule has 25 heavy (non-hydrogen) atoms. The van der Waals surface area contributed by atoms with Crippen molar-refractivity contribution in [3.63, 3.8) is 0 Å². The van der Waals surface area contributed by atoms with Gasteiger partial charge in [0.15, 0.2) is 0 Å². The van der Waals surface area contributed by atoms with Crippen molar-refractivity contribution in [1.29, 1.82) is 0 Å². The number of esters is 1. The molecule has 2 fully saturated rings. The normalized spacial score (nSPS) is 24.8. The molecule has 0 radical (unpaired) electrons. The lowest BCUT2D eigenvalue weighted by molar-refractivity contribution is -0.907. The second-order valence-corrected chi connectivity index (χ2v) is 8.24. The number of benzene rings is 1. The highest BCUT2D eigenvalue weighted by Gasteiger charge is 2.29. The Labute approximate surface area is 155 Å². The van der Waals surface area contributed by atoms with E-state index in [4.69, 9.17) is 9.47 Å². The zero-order valence-corrected chi connectivity index (χ0v) is 15.8. The van der Waals surface area contributed by atoms with E-state index in [-0.39, 0.29) is 12.1 Å². The summed E-state index contributed by atoms with van der Waals surface area (Å²) >= 11 is 1.95. The summed E-state index contributed by atoms with van der Waals surface area (Å²) in [7, 11) is 0. The van der Waals surface area contributed by atoms with Crippen LogP contribution in [0.25, 0.3) is 0 Å². The number of rotatable bonds is 7. The molecule has 1 aliphatic carbocycles. The van der Waals surface area contributed by atoms with Gasteiger partial charge in [-0.15, -0.1) is 11.8 Å². The van der Waals surface area contributed by atoms with Crippen molar-refractivity contribution in [2.24, 2.45) is 0 Å². The van der Waals surface area contributed by atoms with E-state index in [0.717, 1.165) is 51.4 Å². The summed E-state index contributed by atoms with van der Waals surface area (Å²) in [4.78, 5) is 13.8. The summed E-state index contributed by atoms with van der Waals surface area (Å²) in [6.45, 7) is 4.51. The maximum absolute atomic E-state index is 12.3. The Morgan fingerprint density at radius 3 is 2.72 bits per heavy atom. The third kappa shape index (κ3) is 6.32. The first-order valence-corrected chi connectivity index (χ1v) is 10.6. The monoisotopic (exact) mass is 364 g/mol. The Hall–Kier alpha value is -1.04. The minimum absolute atomic E-state index is 0.0174. The number of ether oxygens (including phenoxy) is 2. The van der Waals surface area contributed by atoms with E-state index in [1.165, 1.54) is 23.3 Å². The van der Waals surface area contributed by atoms with Crippen molar-refractivity contribution in [2.75, 3.05) is 32.8 Å². The first-order valence-electron chi connectivity index (χ1n) is 9.57. The molecule has 1 aliphatic heterocycles. The zero-order valence-electron chi connectivity index (χ0n) is 15.0. The first-order chi connectivity index (χ1) is 12.3. The van der Waals surface area contributed by atoms with Gasteiger partial charge in [0.05, 0.1) is 26.2 Å². The number of carbonyl (C=O) groups excluding carboxylic acids is 1. The van der Waals surface area contributed by atoms with Crippen LogP contribution in [-0.2, 0) is 20.0 Å². The number of nitrogens with one attached hydrogen (secondary N) is 1. The minimum atomic E-state index is -0.0174. The summed E-state index contributed by atoms with van der Waals surface area (Å²) < 4.78 is 11.2. The number of hydrogen-bond acceptors (Lipinski definition) is 4. The van der Waals surface area contributed by atoms with Crippen LogP contribution in [0.15, 0.2) is 30.3 Å². The highest BCUT2D eigenvalue weighted by Crippen LogP contribution is 2.32. The highest BCUT2D eigenvalue weighted by molar-refractivity contribution is 7.99. The third-order valence-corrected chi connectivity index (χ3v) is 6.58. The van der Waals surface area contributed by atoms with E-state index < -0.39 is 0 Å². The second-order valence-electron chi connectivity index (χ2n) is 7.01. The van der Waals surface area contributed by atoms with E-state index >= 15 is 0 Å². The molecule has 3 rings (SSSR count). The fourth-order valence-electron chi connectivity index (χ4n) is 3.58. The van der Waals surface area contributed by atoms with Crippen molar-refractivity contribution in [2.45, 2.75) is 49.2 Å². The van der Waals surface area contributed by atoms with Gasteiger partial charge in [-0.1, -0.05) is 36.8 Å². The minimum Gasteiger partial charge on any atom is -0.461 e. The number of thioether (sulfide) groups is 1. The zero-order chi connectivity index (χ0) is 17.3. The molecule has 5 heteroatoms. The Balaban J connectivity index is 1.42. The topological polar surface area (TPSA) is 40.0 Å². The summed E-state index contributed by atoms with van der Waals surface area (Å²) in [5, 5.41) is 0.439. The Kier molecular flexibility index (Phi) is 7.64. The van der Waals surface area contributed by atoms with Crippen molar-refractivity contribution in [1.82, 2.24) is 0 Å². The molecule has 2 aliphatic rings. The van der Waals surface area contributed by atoms with Crippen LogP contribution < -0.4 is 4.90 Å². The van der Waals surface area contributed by atoms with Crippen molar-refractivity contribution in [3.05, 3.63) is 35.9 Å². The SMILES string of the molecule is O=C(CC[NH+]1CCOCC1)O[C@@H]1CCCC[C@@H]1SCc1ccccc1. The van der Waals surface area contributed by atoms with E-state index in [9.17, 15) is 4.79 Å². The number of carbonyl (C=O) groups is 1. The maximum Gasteiger partial charge on any atom is 0.311 e. The Morgan fingerprint density at radius 1 is 1.16 bits per heavy atom. The summed E-state index contributed by atoms with van der Waals surface area (Å²) in [6.07, 6.45) is 5.22. The molecule has 1 saturated carbocycles. The molecule has 0 spiro atoms. The highest BCUT2D eigenvalue weighted by atomic mass is 32.2. The average Bonchev–Trinajstić information content (AvgIpc) is 2.67. The van der Waals surface area contributed by atoms with Crippen LogP contribution in [0.2, 0.25) is 0 Å². The van der Waals surface area contributed by atoms with E-state index in [2.05, 4.69) is 30.3 Å². The van der Waals surface area contributed by atoms with Crippen LogP contribution >= 0.6 is 11.8 Å². The van der Waals surface area contributed by atoms with Crippen molar-refractivity contribution in [3.8, 4) is 0 Å². The standard InChI is InChI=1S/C20H29NO3S/c22-20(10-11-21-12-14-23-15-13-21)24-18-8-4-5-9-19(18)25-16-17-6-2-1-3-7-17/h1-3,6-7,18-19H,4-5,8-16H2/p+1/t18-,19+/m1/s1. The predicted molar refractivity (Wildman–Crippen MR) is 101 cm³/mol. The summed E-state index contributed by atoms with van der Waals surface area (Å²) in [5.41, 5.74) is 1.35. The van der Waals surface area contributed by atoms with Gasteiger partial charge in [0.2, 0.25) is 0 Å². The number of morpholine rings is 1. The van der Waals surface area contributed by atoms with E-state index in [0.29, 0.717) is 11.7 Å². The van der Waals surface area contributed by atoms with Crippen LogP contribution in [0.1, 0.15) is 37.7 Å². The quantitative estimate of drug-likeness (QED) is 0.752. The van der Waals surface area contributed by atoms with E-state index in [1.807, 2.05) is 11.8 Å².